The monoisotopic (exact) mass is 351 g/mol. The summed E-state index contributed by atoms with van der Waals surface area (Å²) in [6, 6.07) is 6.75. The normalized spacial score (nSPS) is 9.24. The molecule has 6 N–H and O–H groups in total. The van der Waals surface area contributed by atoms with E-state index in [-0.39, 0.29) is 31.7 Å². The summed E-state index contributed by atoms with van der Waals surface area (Å²) in [5.74, 6) is -0.307. The molecule has 2 aromatic carbocycles. The van der Waals surface area contributed by atoms with Gasteiger partial charge in [-0.05, 0) is 27.8 Å². The smallest absolute Gasteiger partial charge is 0.162 e. The highest BCUT2D eigenvalue weighted by Crippen LogP contribution is 2.44. The van der Waals surface area contributed by atoms with Crippen molar-refractivity contribution in [2.24, 2.45) is 5.18 Å². The summed E-state index contributed by atoms with van der Waals surface area (Å²) in [5.41, 5.74) is -0.0344. The van der Waals surface area contributed by atoms with Crippen molar-refractivity contribution < 1.29 is 21.2 Å². The molecule has 0 unspecified atom stereocenters. The third kappa shape index (κ3) is 2.30. The summed E-state index contributed by atoms with van der Waals surface area (Å²) in [5, 5.41) is 23.1. The number of phenols is 2. The summed E-state index contributed by atoms with van der Waals surface area (Å²) in [7, 11) is 0. The molecule has 0 bridgehead atoms. The van der Waals surface area contributed by atoms with Gasteiger partial charge in [-0.1, -0.05) is 24.3 Å². The van der Waals surface area contributed by atoms with E-state index in [9.17, 15) is 15.1 Å². The maximum absolute atomic E-state index is 10.6. The summed E-state index contributed by atoms with van der Waals surface area (Å²) in [6.07, 6.45) is 0. The molecule has 0 aliphatic carbocycles. The first kappa shape index (κ1) is 15.6. The Balaban J connectivity index is 0.00000128. The van der Waals surface area contributed by atoms with Gasteiger partial charge in [-0.25, -0.2) is 0 Å². The topological polar surface area (TPSA) is 133 Å². The van der Waals surface area contributed by atoms with Crippen molar-refractivity contribution in [3.8, 4) is 11.5 Å². The van der Waals surface area contributed by atoms with Crippen LogP contribution in [0.5, 0.6) is 11.5 Å². The highest BCUT2D eigenvalue weighted by atomic mass is 127. The zero-order valence-corrected chi connectivity index (χ0v) is 10.6. The van der Waals surface area contributed by atoms with Crippen molar-refractivity contribution in [3.05, 3.63) is 32.7 Å². The van der Waals surface area contributed by atoms with E-state index < -0.39 is 0 Å². The highest BCUT2D eigenvalue weighted by Gasteiger charge is 2.16. The van der Waals surface area contributed by atoms with Gasteiger partial charge in [0.15, 0.2) is 11.4 Å². The van der Waals surface area contributed by atoms with Crippen molar-refractivity contribution in [1.29, 1.82) is 0 Å². The third-order valence-corrected chi connectivity index (χ3v) is 3.19. The van der Waals surface area contributed by atoms with Gasteiger partial charge in [-0.3, -0.25) is 0 Å². The maximum Gasteiger partial charge on any atom is 0.162 e. The van der Waals surface area contributed by atoms with Crippen LogP contribution < -0.4 is 0 Å². The Labute approximate surface area is 110 Å². The van der Waals surface area contributed by atoms with Crippen LogP contribution in [-0.4, -0.2) is 21.2 Å². The van der Waals surface area contributed by atoms with Crippen LogP contribution in [0.1, 0.15) is 0 Å². The Kier molecular flexibility index (Phi) is 5.26. The average Bonchev–Trinajstić information content (AvgIpc) is 2.27. The number of aromatic hydroxyl groups is 2. The van der Waals surface area contributed by atoms with E-state index in [1.54, 1.807) is 46.9 Å². The first-order chi connectivity index (χ1) is 7.16. The molecule has 0 saturated carbocycles. The van der Waals surface area contributed by atoms with Gasteiger partial charge < -0.3 is 21.2 Å². The molecule has 2 rings (SSSR count). The second-order valence-electron chi connectivity index (χ2n) is 3.00. The maximum atomic E-state index is 10.6. The Morgan fingerprint density at radius 3 is 2.06 bits per heavy atom. The van der Waals surface area contributed by atoms with E-state index >= 15 is 0 Å². The van der Waals surface area contributed by atoms with Gasteiger partial charge in [0.05, 0.1) is 3.57 Å². The number of fused-ring (bicyclic) bond motifs is 1. The number of nitroso groups, excluding NO2 is 1. The van der Waals surface area contributed by atoms with Crippen molar-refractivity contribution in [2.45, 2.75) is 0 Å². The quantitative estimate of drug-likeness (QED) is 0.597. The van der Waals surface area contributed by atoms with Crippen molar-refractivity contribution in [1.82, 2.24) is 0 Å². The van der Waals surface area contributed by atoms with Crippen LogP contribution in [-0.2, 0) is 0 Å². The zero-order valence-electron chi connectivity index (χ0n) is 8.44. The fourth-order valence-electron chi connectivity index (χ4n) is 1.45. The van der Waals surface area contributed by atoms with Gasteiger partial charge in [-0.2, -0.15) is 0 Å². The second-order valence-corrected chi connectivity index (χ2v) is 4.08. The van der Waals surface area contributed by atoms with Crippen molar-refractivity contribution in [2.75, 3.05) is 0 Å². The van der Waals surface area contributed by atoms with Gasteiger partial charge in [0.25, 0.3) is 0 Å². The van der Waals surface area contributed by atoms with Crippen LogP contribution in [0.3, 0.4) is 0 Å². The van der Waals surface area contributed by atoms with E-state index in [4.69, 9.17) is 0 Å². The first-order valence-electron chi connectivity index (χ1n) is 4.12. The fourth-order valence-corrected chi connectivity index (χ4v) is 2.00. The van der Waals surface area contributed by atoms with Crippen LogP contribution in [0, 0.1) is 8.48 Å². The van der Waals surface area contributed by atoms with Gasteiger partial charge in [0.2, 0.25) is 0 Å². The Bertz CT molecular complexity index is 558. The van der Waals surface area contributed by atoms with Crippen LogP contribution >= 0.6 is 22.6 Å². The minimum absolute atomic E-state index is 0. The number of benzene rings is 2. The van der Waals surface area contributed by atoms with Crippen LogP contribution in [0.15, 0.2) is 29.4 Å². The van der Waals surface area contributed by atoms with Crippen LogP contribution in [0.25, 0.3) is 10.8 Å². The largest absolute Gasteiger partial charge is 0.506 e. The van der Waals surface area contributed by atoms with Gasteiger partial charge >= 0.3 is 0 Å². The fraction of sp³-hybridized carbons (Fsp3) is 0. The van der Waals surface area contributed by atoms with E-state index in [1.165, 1.54) is 0 Å². The van der Waals surface area contributed by atoms with E-state index in [2.05, 4.69) is 5.18 Å². The lowest BCUT2D eigenvalue weighted by molar-refractivity contribution is 0.449. The SMILES string of the molecule is O.O.O=Nc1c(O)c(I)c(O)c2ccccc12. The number of phenolic OH excluding ortho intramolecular Hbond substituents is 2. The number of nitrogens with zero attached hydrogens (tertiary/aromatic N) is 1. The Hall–Kier alpha value is -1.45. The molecular formula is C10H10INO5. The lowest BCUT2D eigenvalue weighted by Crippen LogP contribution is -1.81. The van der Waals surface area contributed by atoms with Crippen molar-refractivity contribution >= 4 is 39.1 Å². The Morgan fingerprint density at radius 2 is 1.53 bits per heavy atom. The van der Waals surface area contributed by atoms with E-state index in [0.29, 0.717) is 10.8 Å². The van der Waals surface area contributed by atoms with Gasteiger partial charge in [0, 0.05) is 10.8 Å². The van der Waals surface area contributed by atoms with Gasteiger partial charge in [0.1, 0.15) is 5.75 Å². The van der Waals surface area contributed by atoms with Crippen molar-refractivity contribution in [3.63, 3.8) is 0 Å². The molecule has 7 heteroatoms. The van der Waals surface area contributed by atoms with E-state index in [0.717, 1.165) is 0 Å². The number of rotatable bonds is 1. The average molecular weight is 351 g/mol. The molecule has 6 nitrogen and oxygen atoms in total. The molecule has 0 fully saturated rings. The standard InChI is InChI=1S/C10H6INO3.2H2O/c11-7-9(13)6-4-2-1-3-5(6)8(12-15)10(7)14;;/h1-4,13-14H;2*1H2. The molecule has 0 spiro atoms. The molecule has 0 atom stereocenters. The minimum Gasteiger partial charge on any atom is -0.506 e. The molecule has 0 radical (unpaired) electrons. The second kappa shape index (κ2) is 5.75. The molecule has 0 saturated heterocycles. The lowest BCUT2D eigenvalue weighted by atomic mass is 10.1. The summed E-state index contributed by atoms with van der Waals surface area (Å²) in [6.45, 7) is 0. The lowest BCUT2D eigenvalue weighted by Gasteiger charge is -2.07. The van der Waals surface area contributed by atoms with Gasteiger partial charge in [-0.15, -0.1) is 4.91 Å². The van der Waals surface area contributed by atoms with Crippen LogP contribution in [0.2, 0.25) is 0 Å². The molecule has 0 aliphatic rings. The molecule has 92 valence electrons. The predicted octanol–water partition coefficient (Wildman–Crippen LogP) is 1.60. The molecule has 0 aromatic heterocycles. The molecule has 0 aliphatic heterocycles. The Morgan fingerprint density at radius 1 is 1.00 bits per heavy atom. The first-order valence-corrected chi connectivity index (χ1v) is 5.20. The molecule has 0 heterocycles. The molecule has 17 heavy (non-hydrogen) atoms. The van der Waals surface area contributed by atoms with Crippen LogP contribution in [0.4, 0.5) is 5.69 Å². The summed E-state index contributed by atoms with van der Waals surface area (Å²) >= 11 is 1.77. The zero-order chi connectivity index (χ0) is 11.0. The third-order valence-electron chi connectivity index (χ3n) is 2.17. The molecular weight excluding hydrogens is 341 g/mol. The molecule has 0 amide bonds. The number of hydrogen-bond acceptors (Lipinski definition) is 4. The van der Waals surface area contributed by atoms with E-state index in [1.807, 2.05) is 0 Å². The number of hydrogen-bond donors (Lipinski definition) is 2. The predicted molar refractivity (Wildman–Crippen MR) is 72.7 cm³/mol. The molecule has 2 aromatic rings. The highest BCUT2D eigenvalue weighted by molar-refractivity contribution is 14.1. The summed E-state index contributed by atoms with van der Waals surface area (Å²) in [4.78, 5) is 10.6. The summed E-state index contributed by atoms with van der Waals surface area (Å²) < 4.78 is 0.237. The minimum atomic E-state index is -0.276. The number of halogens is 1.